The Morgan fingerprint density at radius 3 is 2.71 bits per heavy atom. The average molecular weight is 195 g/mol. The fraction of sp³-hybridized carbons (Fsp3) is 0.727. The van der Waals surface area contributed by atoms with Crippen LogP contribution in [0.2, 0.25) is 0 Å². The third kappa shape index (κ3) is 2.84. The van der Waals surface area contributed by atoms with E-state index in [2.05, 4.69) is 43.0 Å². The summed E-state index contributed by atoms with van der Waals surface area (Å²) in [6.07, 6.45) is 2.97. The maximum atomic E-state index is 4.25. The summed E-state index contributed by atoms with van der Waals surface area (Å²) in [5.74, 6) is 0.717. The van der Waals surface area contributed by atoms with Gasteiger partial charge in [0.15, 0.2) is 0 Å². The zero-order chi connectivity index (χ0) is 10.6. The van der Waals surface area contributed by atoms with E-state index in [4.69, 9.17) is 0 Å². The molecule has 3 nitrogen and oxygen atoms in total. The fourth-order valence-electron chi connectivity index (χ4n) is 1.38. The average Bonchev–Trinajstić information content (AvgIpc) is 2.59. The lowest BCUT2D eigenvalue weighted by Gasteiger charge is -2.19. The van der Waals surface area contributed by atoms with E-state index in [-0.39, 0.29) is 0 Å². The van der Waals surface area contributed by atoms with Crippen molar-refractivity contribution in [3.63, 3.8) is 0 Å². The van der Waals surface area contributed by atoms with Gasteiger partial charge in [-0.05, 0) is 19.8 Å². The molecular formula is C11H21N3. The normalized spacial score (nSPS) is 15.4. The minimum Gasteiger partial charge on any atom is -0.348 e. The monoisotopic (exact) mass is 195 g/mol. The first-order valence-electron chi connectivity index (χ1n) is 5.37. The third-order valence-electron chi connectivity index (χ3n) is 3.02. The van der Waals surface area contributed by atoms with Gasteiger partial charge in [0.05, 0.1) is 12.0 Å². The molecule has 2 atom stereocenters. The Balaban J connectivity index is 2.37. The van der Waals surface area contributed by atoms with E-state index < -0.39 is 0 Å². The highest BCUT2D eigenvalue weighted by atomic mass is 15.0. The van der Waals surface area contributed by atoms with E-state index in [1.54, 1.807) is 6.33 Å². The van der Waals surface area contributed by atoms with Crippen LogP contribution in [0.4, 0.5) is 0 Å². The van der Waals surface area contributed by atoms with Crippen molar-refractivity contribution in [3.8, 4) is 0 Å². The second-order valence-corrected chi connectivity index (χ2v) is 4.03. The number of imidazole rings is 1. The molecule has 1 aromatic heterocycles. The number of H-pyrrole nitrogens is 1. The van der Waals surface area contributed by atoms with Crippen LogP contribution in [0.25, 0.3) is 0 Å². The van der Waals surface area contributed by atoms with Gasteiger partial charge in [-0.15, -0.1) is 0 Å². The van der Waals surface area contributed by atoms with Crippen LogP contribution in [-0.2, 0) is 6.54 Å². The fourth-order valence-corrected chi connectivity index (χ4v) is 1.38. The molecule has 0 fully saturated rings. The SMILES string of the molecule is CCC(C)C(C)NCc1nc[nH]c1C. The molecule has 2 N–H and O–H groups in total. The molecule has 1 rings (SSSR count). The number of aryl methyl sites for hydroxylation is 1. The lowest BCUT2D eigenvalue weighted by atomic mass is 10.0. The smallest absolute Gasteiger partial charge is 0.0925 e. The van der Waals surface area contributed by atoms with Gasteiger partial charge in [-0.1, -0.05) is 20.3 Å². The molecule has 3 heteroatoms. The number of hydrogen-bond donors (Lipinski definition) is 2. The molecule has 0 aliphatic heterocycles. The molecule has 14 heavy (non-hydrogen) atoms. The summed E-state index contributed by atoms with van der Waals surface area (Å²) in [6, 6.07) is 0.552. The zero-order valence-electron chi connectivity index (χ0n) is 9.59. The Hall–Kier alpha value is -0.830. The molecule has 0 saturated carbocycles. The first-order chi connectivity index (χ1) is 6.65. The van der Waals surface area contributed by atoms with Gasteiger partial charge in [-0.25, -0.2) is 4.98 Å². The number of aromatic nitrogens is 2. The van der Waals surface area contributed by atoms with E-state index in [1.807, 2.05) is 0 Å². The van der Waals surface area contributed by atoms with Gasteiger partial charge in [0.2, 0.25) is 0 Å². The molecule has 0 spiro atoms. The molecule has 1 heterocycles. The van der Waals surface area contributed by atoms with Crippen LogP contribution in [0.15, 0.2) is 6.33 Å². The summed E-state index contributed by atoms with van der Waals surface area (Å²) in [5.41, 5.74) is 2.29. The molecule has 0 radical (unpaired) electrons. The molecular weight excluding hydrogens is 174 g/mol. The lowest BCUT2D eigenvalue weighted by Crippen LogP contribution is -2.31. The molecule has 0 aliphatic carbocycles. The number of rotatable bonds is 5. The number of hydrogen-bond acceptors (Lipinski definition) is 2. The standard InChI is InChI=1S/C11H21N3/c1-5-8(2)9(3)12-6-11-10(4)13-7-14-11/h7-9,12H,5-6H2,1-4H3,(H,13,14). The van der Waals surface area contributed by atoms with Gasteiger partial charge >= 0.3 is 0 Å². The summed E-state index contributed by atoms with van der Waals surface area (Å²) in [5, 5.41) is 3.49. The summed E-state index contributed by atoms with van der Waals surface area (Å²) in [7, 11) is 0. The molecule has 1 aromatic rings. The van der Waals surface area contributed by atoms with Crippen molar-refractivity contribution >= 4 is 0 Å². The predicted molar refractivity (Wildman–Crippen MR) is 59.1 cm³/mol. The summed E-state index contributed by atoms with van der Waals surface area (Å²) >= 11 is 0. The quantitative estimate of drug-likeness (QED) is 0.756. The maximum Gasteiger partial charge on any atom is 0.0925 e. The first-order valence-corrected chi connectivity index (χ1v) is 5.37. The Kier molecular flexibility index (Phi) is 4.14. The van der Waals surface area contributed by atoms with Gasteiger partial charge in [-0.3, -0.25) is 0 Å². The van der Waals surface area contributed by atoms with E-state index in [0.29, 0.717) is 12.0 Å². The highest BCUT2D eigenvalue weighted by Crippen LogP contribution is 2.08. The van der Waals surface area contributed by atoms with Crippen molar-refractivity contribution in [1.82, 2.24) is 15.3 Å². The van der Waals surface area contributed by atoms with Crippen molar-refractivity contribution in [3.05, 3.63) is 17.7 Å². The number of nitrogens with zero attached hydrogens (tertiary/aromatic N) is 1. The Labute approximate surface area is 86.3 Å². The van der Waals surface area contributed by atoms with Gasteiger partial charge in [0, 0.05) is 18.3 Å². The van der Waals surface area contributed by atoms with Crippen molar-refractivity contribution in [2.75, 3.05) is 0 Å². The Morgan fingerprint density at radius 1 is 1.50 bits per heavy atom. The predicted octanol–water partition coefficient (Wildman–Crippen LogP) is 2.24. The van der Waals surface area contributed by atoms with E-state index in [0.717, 1.165) is 17.9 Å². The van der Waals surface area contributed by atoms with Crippen molar-refractivity contribution in [1.29, 1.82) is 0 Å². The van der Waals surface area contributed by atoms with Crippen LogP contribution in [-0.4, -0.2) is 16.0 Å². The van der Waals surface area contributed by atoms with Crippen LogP contribution in [0.5, 0.6) is 0 Å². The molecule has 2 unspecified atom stereocenters. The summed E-state index contributed by atoms with van der Waals surface area (Å²) in [6.45, 7) is 9.65. The number of aromatic amines is 1. The number of nitrogens with one attached hydrogen (secondary N) is 2. The molecule has 0 aliphatic rings. The van der Waals surface area contributed by atoms with Gasteiger partial charge < -0.3 is 10.3 Å². The minimum atomic E-state index is 0.552. The largest absolute Gasteiger partial charge is 0.348 e. The van der Waals surface area contributed by atoms with E-state index in [9.17, 15) is 0 Å². The van der Waals surface area contributed by atoms with Gasteiger partial charge in [0.25, 0.3) is 0 Å². The molecule has 0 amide bonds. The van der Waals surface area contributed by atoms with Crippen LogP contribution in [0.1, 0.15) is 38.6 Å². The molecule has 0 bridgehead atoms. The van der Waals surface area contributed by atoms with E-state index >= 15 is 0 Å². The lowest BCUT2D eigenvalue weighted by molar-refractivity contribution is 0.388. The van der Waals surface area contributed by atoms with Crippen LogP contribution in [0.3, 0.4) is 0 Å². The van der Waals surface area contributed by atoms with E-state index in [1.165, 1.54) is 6.42 Å². The van der Waals surface area contributed by atoms with Crippen molar-refractivity contribution in [2.24, 2.45) is 5.92 Å². The first kappa shape index (κ1) is 11.2. The highest BCUT2D eigenvalue weighted by molar-refractivity contribution is 5.08. The Morgan fingerprint density at radius 2 is 2.21 bits per heavy atom. The molecule has 80 valence electrons. The van der Waals surface area contributed by atoms with Gasteiger partial charge in [0.1, 0.15) is 0 Å². The summed E-state index contributed by atoms with van der Waals surface area (Å²) < 4.78 is 0. The van der Waals surface area contributed by atoms with Crippen LogP contribution in [0, 0.1) is 12.8 Å². The van der Waals surface area contributed by atoms with Crippen molar-refractivity contribution < 1.29 is 0 Å². The van der Waals surface area contributed by atoms with Crippen LogP contribution >= 0.6 is 0 Å². The van der Waals surface area contributed by atoms with Crippen LogP contribution < -0.4 is 5.32 Å². The maximum absolute atomic E-state index is 4.25. The third-order valence-corrected chi connectivity index (χ3v) is 3.02. The minimum absolute atomic E-state index is 0.552. The van der Waals surface area contributed by atoms with Gasteiger partial charge in [-0.2, -0.15) is 0 Å². The Bertz CT molecular complexity index is 267. The highest BCUT2D eigenvalue weighted by Gasteiger charge is 2.10. The molecule has 0 aromatic carbocycles. The molecule has 0 saturated heterocycles. The second kappa shape index (κ2) is 5.15. The second-order valence-electron chi connectivity index (χ2n) is 4.03. The van der Waals surface area contributed by atoms with Crippen molar-refractivity contribution in [2.45, 2.75) is 46.7 Å². The topological polar surface area (TPSA) is 40.7 Å². The zero-order valence-corrected chi connectivity index (χ0v) is 9.59. The summed E-state index contributed by atoms with van der Waals surface area (Å²) in [4.78, 5) is 7.34.